The molecule has 2 heterocycles. The Morgan fingerprint density at radius 1 is 0.970 bits per heavy atom. The van der Waals surface area contributed by atoms with E-state index in [1.165, 1.54) is 13.0 Å². The van der Waals surface area contributed by atoms with Crippen molar-refractivity contribution in [3.8, 4) is 0 Å². The van der Waals surface area contributed by atoms with E-state index >= 15 is 0 Å². The van der Waals surface area contributed by atoms with Crippen LogP contribution in [0.3, 0.4) is 0 Å². The molecule has 168 valence electrons. The van der Waals surface area contributed by atoms with Gasteiger partial charge in [-0.25, -0.2) is 14.6 Å². The van der Waals surface area contributed by atoms with Crippen molar-refractivity contribution >= 4 is 41.0 Å². The van der Waals surface area contributed by atoms with Crippen LogP contribution in [-0.2, 0) is 9.59 Å². The molecule has 33 heavy (non-hydrogen) atoms. The number of imide groups is 2. The Morgan fingerprint density at radius 2 is 1.61 bits per heavy atom. The Balaban J connectivity index is 1.34. The van der Waals surface area contributed by atoms with E-state index in [1.807, 2.05) is 0 Å². The van der Waals surface area contributed by atoms with Crippen molar-refractivity contribution in [1.29, 1.82) is 0 Å². The van der Waals surface area contributed by atoms with Gasteiger partial charge in [0.05, 0.1) is 16.8 Å². The van der Waals surface area contributed by atoms with E-state index in [2.05, 4.69) is 10.6 Å². The molecule has 2 aromatic carbocycles. The van der Waals surface area contributed by atoms with E-state index in [0.717, 1.165) is 22.6 Å². The second-order valence-corrected chi connectivity index (χ2v) is 8.60. The van der Waals surface area contributed by atoms with Gasteiger partial charge in [0.2, 0.25) is 5.91 Å². The summed E-state index contributed by atoms with van der Waals surface area (Å²) in [6.07, 6.45) is 2.85. The number of nitrogens with zero attached hydrogens (tertiary/aromatic N) is 2. The first-order valence-electron chi connectivity index (χ1n) is 10.9. The monoisotopic (exact) mass is 446 g/mol. The summed E-state index contributed by atoms with van der Waals surface area (Å²) in [6, 6.07) is 11.3. The molecule has 5 rings (SSSR count). The molecule has 2 fully saturated rings. The molecule has 3 aliphatic rings. The summed E-state index contributed by atoms with van der Waals surface area (Å²) in [7, 11) is 0. The van der Waals surface area contributed by atoms with Crippen molar-refractivity contribution in [2.75, 3.05) is 10.2 Å². The summed E-state index contributed by atoms with van der Waals surface area (Å²) in [5.41, 5.74) is 0.404. The van der Waals surface area contributed by atoms with E-state index in [4.69, 9.17) is 0 Å². The van der Waals surface area contributed by atoms with Gasteiger partial charge >= 0.3 is 6.03 Å². The van der Waals surface area contributed by atoms with Gasteiger partial charge in [-0.15, -0.1) is 0 Å². The SMILES string of the molecule is CC(C(=O)Nc1cccc(N2C(=O)c3ccccc3C2=O)c1)N1C(=O)NC2(CCCC2)C1=O. The van der Waals surface area contributed by atoms with Crippen molar-refractivity contribution in [1.82, 2.24) is 10.2 Å². The molecule has 2 aliphatic heterocycles. The molecule has 6 amide bonds. The van der Waals surface area contributed by atoms with E-state index in [1.54, 1.807) is 42.5 Å². The van der Waals surface area contributed by atoms with Gasteiger partial charge < -0.3 is 10.6 Å². The van der Waals surface area contributed by atoms with Gasteiger partial charge in [-0.05, 0) is 50.1 Å². The van der Waals surface area contributed by atoms with E-state index < -0.39 is 35.3 Å². The average Bonchev–Trinajstić information content (AvgIpc) is 3.44. The predicted octanol–water partition coefficient (Wildman–Crippen LogP) is 2.68. The van der Waals surface area contributed by atoms with Crippen molar-refractivity contribution in [2.24, 2.45) is 0 Å². The largest absolute Gasteiger partial charge is 0.325 e. The highest BCUT2D eigenvalue weighted by molar-refractivity contribution is 6.34. The summed E-state index contributed by atoms with van der Waals surface area (Å²) < 4.78 is 0. The molecule has 1 aliphatic carbocycles. The maximum absolute atomic E-state index is 12.9. The Hall–Kier alpha value is -4.01. The van der Waals surface area contributed by atoms with Gasteiger partial charge in [0, 0.05) is 5.69 Å². The molecule has 1 unspecified atom stereocenters. The molecule has 0 bridgehead atoms. The number of nitrogens with one attached hydrogen (secondary N) is 2. The first-order valence-corrected chi connectivity index (χ1v) is 10.9. The third-order valence-electron chi connectivity index (χ3n) is 6.58. The standard InChI is InChI=1S/C24H22N4O5/c1-14(27-22(32)24(26-23(27)33)11-4-5-12-24)19(29)25-15-7-6-8-16(13-15)28-20(30)17-9-2-3-10-18(17)21(28)31/h2-3,6-10,13-14H,4-5,11-12H2,1H3,(H,25,29)(H,26,33). The smallest absolute Gasteiger partial charge is 0.324 e. The number of fused-ring (bicyclic) bond motifs is 1. The summed E-state index contributed by atoms with van der Waals surface area (Å²) in [5, 5.41) is 5.46. The number of carbonyl (C=O) groups excluding carboxylic acids is 5. The maximum Gasteiger partial charge on any atom is 0.325 e. The summed E-state index contributed by atoms with van der Waals surface area (Å²) in [5.74, 6) is -1.79. The molecule has 2 aromatic rings. The highest BCUT2D eigenvalue weighted by Crippen LogP contribution is 2.36. The predicted molar refractivity (Wildman–Crippen MR) is 119 cm³/mol. The van der Waals surface area contributed by atoms with E-state index in [-0.39, 0.29) is 5.91 Å². The molecule has 1 saturated carbocycles. The molecular weight excluding hydrogens is 424 g/mol. The Morgan fingerprint density at radius 3 is 2.24 bits per heavy atom. The molecule has 1 atom stereocenters. The van der Waals surface area contributed by atoms with Crippen LogP contribution in [0.5, 0.6) is 0 Å². The van der Waals surface area contributed by atoms with Crippen molar-refractivity contribution in [3.63, 3.8) is 0 Å². The van der Waals surface area contributed by atoms with Gasteiger partial charge in [-0.3, -0.25) is 19.2 Å². The van der Waals surface area contributed by atoms with Crippen LogP contribution in [0, 0.1) is 0 Å². The lowest BCUT2D eigenvalue weighted by Gasteiger charge is -2.23. The molecule has 1 saturated heterocycles. The lowest BCUT2D eigenvalue weighted by Crippen LogP contribution is -2.48. The number of hydrogen-bond acceptors (Lipinski definition) is 5. The molecule has 0 radical (unpaired) electrons. The molecule has 2 N–H and O–H groups in total. The minimum Gasteiger partial charge on any atom is -0.324 e. The van der Waals surface area contributed by atoms with Gasteiger partial charge in [-0.2, -0.15) is 0 Å². The fourth-order valence-corrected chi connectivity index (χ4v) is 4.82. The second-order valence-electron chi connectivity index (χ2n) is 8.60. The van der Waals surface area contributed by atoms with Crippen LogP contribution < -0.4 is 15.5 Å². The highest BCUT2D eigenvalue weighted by Gasteiger charge is 2.54. The number of rotatable bonds is 4. The minimum atomic E-state index is -1.03. The second kappa shape index (κ2) is 7.54. The maximum atomic E-state index is 12.9. The third-order valence-corrected chi connectivity index (χ3v) is 6.58. The minimum absolute atomic E-state index is 0.312. The van der Waals surface area contributed by atoms with Gasteiger partial charge in [0.15, 0.2) is 0 Å². The van der Waals surface area contributed by atoms with Crippen molar-refractivity contribution in [2.45, 2.75) is 44.2 Å². The van der Waals surface area contributed by atoms with Crippen LogP contribution in [0.2, 0.25) is 0 Å². The molecule has 9 nitrogen and oxygen atoms in total. The lowest BCUT2D eigenvalue weighted by molar-refractivity contribution is -0.136. The topological polar surface area (TPSA) is 116 Å². The van der Waals surface area contributed by atoms with Crippen LogP contribution in [0.1, 0.15) is 53.3 Å². The van der Waals surface area contributed by atoms with Crippen LogP contribution in [0.25, 0.3) is 0 Å². The summed E-state index contributed by atoms with van der Waals surface area (Å²) >= 11 is 0. The summed E-state index contributed by atoms with van der Waals surface area (Å²) in [6.45, 7) is 1.49. The third kappa shape index (κ3) is 3.19. The van der Waals surface area contributed by atoms with Crippen molar-refractivity contribution < 1.29 is 24.0 Å². The van der Waals surface area contributed by atoms with Crippen LogP contribution in [0.4, 0.5) is 16.2 Å². The number of carbonyl (C=O) groups is 5. The fraction of sp³-hybridized carbons (Fsp3) is 0.292. The highest BCUT2D eigenvalue weighted by atomic mass is 16.2. The quantitative estimate of drug-likeness (QED) is 0.553. The van der Waals surface area contributed by atoms with Crippen molar-refractivity contribution in [3.05, 3.63) is 59.7 Å². The number of benzene rings is 2. The summed E-state index contributed by atoms with van der Waals surface area (Å²) in [4.78, 5) is 65.8. The fourth-order valence-electron chi connectivity index (χ4n) is 4.82. The number of hydrogen-bond donors (Lipinski definition) is 2. The zero-order chi connectivity index (χ0) is 23.3. The van der Waals surface area contributed by atoms with Gasteiger partial charge in [0.25, 0.3) is 17.7 Å². The van der Waals surface area contributed by atoms with Gasteiger partial charge in [-0.1, -0.05) is 31.0 Å². The van der Waals surface area contributed by atoms with Crippen LogP contribution >= 0.6 is 0 Å². The molecule has 9 heteroatoms. The molecule has 1 spiro atoms. The lowest BCUT2D eigenvalue weighted by atomic mass is 9.97. The Labute approximate surface area is 189 Å². The van der Waals surface area contributed by atoms with Crippen LogP contribution in [0.15, 0.2) is 48.5 Å². The van der Waals surface area contributed by atoms with E-state index in [9.17, 15) is 24.0 Å². The average molecular weight is 446 g/mol. The normalized spacial score (nSPS) is 19.8. The zero-order valence-electron chi connectivity index (χ0n) is 18.0. The molecule has 0 aromatic heterocycles. The Kier molecular flexibility index (Phi) is 4.77. The number of urea groups is 1. The zero-order valence-corrected chi connectivity index (χ0v) is 18.0. The molecular formula is C24H22N4O5. The van der Waals surface area contributed by atoms with Crippen LogP contribution in [-0.4, -0.2) is 46.1 Å². The Bertz CT molecular complexity index is 1180. The number of anilines is 2. The number of amides is 6. The first-order chi connectivity index (χ1) is 15.8. The van der Waals surface area contributed by atoms with Gasteiger partial charge in [0.1, 0.15) is 11.6 Å². The van der Waals surface area contributed by atoms with E-state index in [0.29, 0.717) is 35.3 Å². The first kappa shape index (κ1) is 20.9.